The van der Waals surface area contributed by atoms with Crippen LogP contribution in [-0.2, 0) is 12.0 Å². The van der Waals surface area contributed by atoms with E-state index in [2.05, 4.69) is 26.1 Å². The molecule has 0 heterocycles. The molecule has 21 heavy (non-hydrogen) atoms. The molecule has 0 aliphatic rings. The summed E-state index contributed by atoms with van der Waals surface area (Å²) in [5, 5.41) is 11.9. The van der Waals surface area contributed by atoms with Gasteiger partial charge in [0.05, 0.1) is 6.61 Å². The van der Waals surface area contributed by atoms with E-state index >= 15 is 0 Å². The fraction of sp³-hybridized carbons (Fsp3) is 0.278. The van der Waals surface area contributed by atoms with Crippen LogP contribution in [0.1, 0.15) is 42.3 Å². The molecule has 2 aromatic carbocycles. The topological polar surface area (TPSA) is 49.3 Å². The van der Waals surface area contributed by atoms with Crippen LogP contribution >= 0.6 is 0 Å². The summed E-state index contributed by atoms with van der Waals surface area (Å²) in [6.45, 7) is 6.39. The van der Waals surface area contributed by atoms with E-state index in [1.165, 1.54) is 5.56 Å². The summed E-state index contributed by atoms with van der Waals surface area (Å²) in [5.41, 5.74) is 3.35. The maximum Gasteiger partial charge on any atom is 0.255 e. The van der Waals surface area contributed by atoms with Crippen molar-refractivity contribution < 1.29 is 9.90 Å². The zero-order valence-corrected chi connectivity index (χ0v) is 12.7. The van der Waals surface area contributed by atoms with E-state index in [9.17, 15) is 4.79 Å². The lowest BCUT2D eigenvalue weighted by atomic mass is 9.87. The Bertz CT molecular complexity index is 624. The molecule has 1 amide bonds. The molecule has 0 saturated carbocycles. The number of hydrogen-bond donors (Lipinski definition) is 2. The number of hydrogen-bond acceptors (Lipinski definition) is 2. The highest BCUT2D eigenvalue weighted by Gasteiger charge is 2.14. The van der Waals surface area contributed by atoms with Crippen molar-refractivity contribution >= 4 is 11.6 Å². The van der Waals surface area contributed by atoms with Crippen LogP contribution in [-0.4, -0.2) is 11.0 Å². The molecule has 0 aliphatic heterocycles. The van der Waals surface area contributed by atoms with Gasteiger partial charge in [-0.3, -0.25) is 4.79 Å². The molecule has 3 nitrogen and oxygen atoms in total. The standard InChI is InChI=1S/C18H21NO2/c1-18(2,3)15-9-7-14(8-10-15)17(21)19-16-6-4-5-13(11-16)12-20/h4-11,20H,12H2,1-3H3,(H,19,21). The fourth-order valence-corrected chi connectivity index (χ4v) is 2.07. The van der Waals surface area contributed by atoms with Gasteiger partial charge in [0.15, 0.2) is 0 Å². The van der Waals surface area contributed by atoms with Crippen molar-refractivity contribution in [1.82, 2.24) is 0 Å². The first-order chi connectivity index (χ1) is 9.90. The second kappa shape index (κ2) is 6.10. The van der Waals surface area contributed by atoms with Crippen LogP contribution in [0.15, 0.2) is 48.5 Å². The largest absolute Gasteiger partial charge is 0.392 e. The lowest BCUT2D eigenvalue weighted by molar-refractivity contribution is 0.102. The molecule has 2 rings (SSSR count). The number of aliphatic hydroxyl groups is 1. The van der Waals surface area contributed by atoms with Crippen LogP contribution in [0, 0.1) is 0 Å². The minimum atomic E-state index is -0.148. The predicted octanol–water partition coefficient (Wildman–Crippen LogP) is 3.73. The molecule has 0 saturated heterocycles. The lowest BCUT2D eigenvalue weighted by Gasteiger charge is -2.19. The van der Waals surface area contributed by atoms with Crippen LogP contribution in [0.5, 0.6) is 0 Å². The molecule has 0 aliphatic carbocycles. The van der Waals surface area contributed by atoms with Gasteiger partial charge in [0, 0.05) is 11.3 Å². The van der Waals surface area contributed by atoms with Gasteiger partial charge in [0.2, 0.25) is 0 Å². The summed E-state index contributed by atoms with van der Waals surface area (Å²) >= 11 is 0. The average molecular weight is 283 g/mol. The summed E-state index contributed by atoms with van der Waals surface area (Å²) < 4.78 is 0. The molecule has 0 unspecified atom stereocenters. The Balaban J connectivity index is 2.13. The zero-order valence-electron chi connectivity index (χ0n) is 12.7. The third-order valence-corrected chi connectivity index (χ3v) is 3.38. The van der Waals surface area contributed by atoms with Gasteiger partial charge in [-0.25, -0.2) is 0 Å². The summed E-state index contributed by atoms with van der Waals surface area (Å²) in [6.07, 6.45) is 0. The van der Waals surface area contributed by atoms with E-state index < -0.39 is 0 Å². The molecule has 2 N–H and O–H groups in total. The molecule has 0 bridgehead atoms. The van der Waals surface area contributed by atoms with Crippen molar-refractivity contribution in [1.29, 1.82) is 0 Å². The van der Waals surface area contributed by atoms with Crippen molar-refractivity contribution in [2.75, 3.05) is 5.32 Å². The minimum Gasteiger partial charge on any atom is -0.392 e. The third-order valence-electron chi connectivity index (χ3n) is 3.38. The smallest absolute Gasteiger partial charge is 0.255 e. The Labute approximate surface area is 125 Å². The van der Waals surface area contributed by atoms with E-state index in [1.54, 1.807) is 12.1 Å². The van der Waals surface area contributed by atoms with Crippen molar-refractivity contribution in [3.05, 3.63) is 65.2 Å². The van der Waals surface area contributed by atoms with Crippen molar-refractivity contribution in [2.24, 2.45) is 0 Å². The minimum absolute atomic E-state index is 0.0377. The summed E-state index contributed by atoms with van der Waals surface area (Å²) in [4.78, 5) is 12.2. The summed E-state index contributed by atoms with van der Waals surface area (Å²) in [7, 11) is 0. The highest BCUT2D eigenvalue weighted by molar-refractivity contribution is 6.04. The number of amides is 1. The number of rotatable bonds is 3. The van der Waals surface area contributed by atoms with E-state index in [4.69, 9.17) is 5.11 Å². The van der Waals surface area contributed by atoms with Gasteiger partial charge < -0.3 is 10.4 Å². The van der Waals surface area contributed by atoms with Crippen molar-refractivity contribution in [3.8, 4) is 0 Å². The number of anilines is 1. The average Bonchev–Trinajstić information content (AvgIpc) is 2.46. The number of carbonyl (C=O) groups excluding carboxylic acids is 1. The normalized spacial score (nSPS) is 11.2. The second-order valence-corrected chi connectivity index (χ2v) is 6.14. The SMILES string of the molecule is CC(C)(C)c1ccc(C(=O)Nc2cccc(CO)c2)cc1. The van der Waals surface area contributed by atoms with Gasteiger partial charge in [0.1, 0.15) is 0 Å². The zero-order chi connectivity index (χ0) is 15.5. The van der Waals surface area contributed by atoms with Gasteiger partial charge in [-0.05, 0) is 40.8 Å². The Morgan fingerprint density at radius 1 is 1.10 bits per heavy atom. The highest BCUT2D eigenvalue weighted by atomic mass is 16.3. The molecule has 2 aromatic rings. The van der Waals surface area contributed by atoms with Gasteiger partial charge in [0.25, 0.3) is 5.91 Å². The maximum absolute atomic E-state index is 12.2. The van der Waals surface area contributed by atoms with Crippen LogP contribution in [0.2, 0.25) is 0 Å². The molecule has 0 aromatic heterocycles. The third kappa shape index (κ3) is 3.92. The summed E-state index contributed by atoms with van der Waals surface area (Å²) in [6, 6.07) is 14.8. The van der Waals surface area contributed by atoms with E-state index in [1.807, 2.05) is 36.4 Å². The molecule has 110 valence electrons. The molecule has 0 atom stereocenters. The van der Waals surface area contributed by atoms with E-state index in [-0.39, 0.29) is 17.9 Å². The number of nitrogens with one attached hydrogen (secondary N) is 1. The molecule has 0 spiro atoms. The number of aliphatic hydroxyl groups excluding tert-OH is 1. The lowest BCUT2D eigenvalue weighted by Crippen LogP contribution is -2.14. The first kappa shape index (κ1) is 15.3. The van der Waals surface area contributed by atoms with Gasteiger partial charge >= 0.3 is 0 Å². The Morgan fingerprint density at radius 2 is 1.76 bits per heavy atom. The van der Waals surface area contributed by atoms with E-state index in [0.717, 1.165) is 5.56 Å². The van der Waals surface area contributed by atoms with E-state index in [0.29, 0.717) is 11.3 Å². The second-order valence-electron chi connectivity index (χ2n) is 6.14. The molecule has 3 heteroatoms. The van der Waals surface area contributed by atoms with Crippen LogP contribution < -0.4 is 5.32 Å². The maximum atomic E-state index is 12.2. The Morgan fingerprint density at radius 3 is 2.33 bits per heavy atom. The monoisotopic (exact) mass is 283 g/mol. The van der Waals surface area contributed by atoms with Crippen LogP contribution in [0.4, 0.5) is 5.69 Å². The van der Waals surface area contributed by atoms with Crippen LogP contribution in [0.25, 0.3) is 0 Å². The van der Waals surface area contributed by atoms with Crippen LogP contribution in [0.3, 0.4) is 0 Å². The highest BCUT2D eigenvalue weighted by Crippen LogP contribution is 2.22. The first-order valence-electron chi connectivity index (χ1n) is 7.02. The van der Waals surface area contributed by atoms with Gasteiger partial charge in [-0.1, -0.05) is 45.0 Å². The predicted molar refractivity (Wildman–Crippen MR) is 85.5 cm³/mol. The molecular weight excluding hydrogens is 262 g/mol. The number of benzene rings is 2. The molecule has 0 fully saturated rings. The fourth-order valence-electron chi connectivity index (χ4n) is 2.07. The summed E-state index contributed by atoms with van der Waals surface area (Å²) in [5.74, 6) is -0.148. The van der Waals surface area contributed by atoms with Crippen molar-refractivity contribution in [3.63, 3.8) is 0 Å². The quantitative estimate of drug-likeness (QED) is 0.901. The first-order valence-corrected chi connectivity index (χ1v) is 7.02. The Kier molecular flexibility index (Phi) is 4.43. The van der Waals surface area contributed by atoms with Gasteiger partial charge in [-0.15, -0.1) is 0 Å². The Hall–Kier alpha value is -2.13. The molecule has 0 radical (unpaired) electrons. The van der Waals surface area contributed by atoms with Crippen molar-refractivity contribution in [2.45, 2.75) is 32.8 Å². The molecular formula is C18H21NO2. The number of carbonyl (C=O) groups is 1. The van der Waals surface area contributed by atoms with Gasteiger partial charge in [-0.2, -0.15) is 0 Å².